The highest BCUT2D eigenvalue weighted by Gasteiger charge is 2.35. The van der Waals surface area contributed by atoms with E-state index in [9.17, 15) is 0 Å². The van der Waals surface area contributed by atoms with Gasteiger partial charge in [-0.1, -0.05) is 6.07 Å². The van der Waals surface area contributed by atoms with Crippen LogP contribution in [0.3, 0.4) is 0 Å². The number of pyridine rings is 1. The Bertz CT molecular complexity index is 609. The standard InChI is InChI=1S/C15H20N4O/c1-12-5-4-6-14(17-12)19-7-8-20-15(2,11-19)13-9-16-18(3)10-13/h4-6,9-10H,7-8,11H2,1-3H3/t15-/m0/s1. The number of anilines is 1. The van der Waals surface area contributed by atoms with Gasteiger partial charge in [0.2, 0.25) is 0 Å². The summed E-state index contributed by atoms with van der Waals surface area (Å²) in [6, 6.07) is 6.13. The number of hydrogen-bond acceptors (Lipinski definition) is 4. The van der Waals surface area contributed by atoms with Crippen molar-refractivity contribution >= 4 is 5.82 Å². The Labute approximate surface area is 119 Å². The number of hydrogen-bond donors (Lipinski definition) is 0. The maximum absolute atomic E-state index is 6.02. The summed E-state index contributed by atoms with van der Waals surface area (Å²) in [5.74, 6) is 1.02. The summed E-state index contributed by atoms with van der Waals surface area (Å²) >= 11 is 0. The van der Waals surface area contributed by atoms with Gasteiger partial charge < -0.3 is 9.64 Å². The Hall–Kier alpha value is -1.88. The second-order valence-electron chi connectivity index (χ2n) is 5.54. The fraction of sp³-hybridized carbons (Fsp3) is 0.467. The van der Waals surface area contributed by atoms with E-state index in [2.05, 4.69) is 34.0 Å². The lowest BCUT2D eigenvalue weighted by Crippen LogP contribution is -2.48. The van der Waals surface area contributed by atoms with Gasteiger partial charge in [-0.3, -0.25) is 4.68 Å². The van der Waals surface area contributed by atoms with Crippen LogP contribution < -0.4 is 4.90 Å². The molecule has 0 amide bonds. The lowest BCUT2D eigenvalue weighted by atomic mass is 9.97. The van der Waals surface area contributed by atoms with Gasteiger partial charge in [0.25, 0.3) is 0 Å². The molecule has 0 spiro atoms. The first-order chi connectivity index (χ1) is 9.57. The maximum Gasteiger partial charge on any atom is 0.128 e. The monoisotopic (exact) mass is 272 g/mol. The van der Waals surface area contributed by atoms with Crippen LogP contribution in [0.2, 0.25) is 0 Å². The van der Waals surface area contributed by atoms with E-state index in [4.69, 9.17) is 4.74 Å². The normalized spacial score (nSPS) is 23.1. The summed E-state index contributed by atoms with van der Waals surface area (Å²) in [5, 5.41) is 4.25. The van der Waals surface area contributed by atoms with Crippen molar-refractivity contribution in [3.8, 4) is 0 Å². The molecule has 1 aliphatic heterocycles. The third kappa shape index (κ3) is 2.41. The fourth-order valence-electron chi connectivity index (χ4n) is 2.64. The zero-order chi connectivity index (χ0) is 14.2. The highest BCUT2D eigenvalue weighted by molar-refractivity contribution is 5.41. The van der Waals surface area contributed by atoms with Gasteiger partial charge in [-0.2, -0.15) is 5.10 Å². The van der Waals surface area contributed by atoms with Crippen molar-refractivity contribution in [2.75, 3.05) is 24.6 Å². The van der Waals surface area contributed by atoms with Gasteiger partial charge in [-0.25, -0.2) is 4.98 Å². The molecule has 3 heterocycles. The quantitative estimate of drug-likeness (QED) is 0.837. The number of morpholine rings is 1. The molecule has 5 heteroatoms. The number of rotatable bonds is 2. The van der Waals surface area contributed by atoms with Gasteiger partial charge in [0.15, 0.2) is 0 Å². The van der Waals surface area contributed by atoms with Crippen molar-refractivity contribution in [1.82, 2.24) is 14.8 Å². The van der Waals surface area contributed by atoms with Crippen LogP contribution in [0.5, 0.6) is 0 Å². The van der Waals surface area contributed by atoms with E-state index in [1.54, 1.807) is 0 Å². The van der Waals surface area contributed by atoms with E-state index >= 15 is 0 Å². The summed E-state index contributed by atoms with van der Waals surface area (Å²) in [5.41, 5.74) is 1.81. The Morgan fingerprint density at radius 1 is 1.35 bits per heavy atom. The third-order valence-electron chi connectivity index (χ3n) is 3.79. The Morgan fingerprint density at radius 3 is 2.90 bits per heavy atom. The van der Waals surface area contributed by atoms with Crippen LogP contribution in [0.4, 0.5) is 5.82 Å². The number of nitrogens with zero attached hydrogens (tertiary/aromatic N) is 4. The van der Waals surface area contributed by atoms with Crippen molar-refractivity contribution < 1.29 is 4.74 Å². The van der Waals surface area contributed by atoms with Gasteiger partial charge in [0.1, 0.15) is 11.4 Å². The minimum Gasteiger partial charge on any atom is -0.367 e. The van der Waals surface area contributed by atoms with Gasteiger partial charge in [0, 0.05) is 31.0 Å². The van der Waals surface area contributed by atoms with E-state index in [1.165, 1.54) is 0 Å². The molecule has 1 atom stereocenters. The van der Waals surface area contributed by atoms with E-state index in [0.29, 0.717) is 6.61 Å². The predicted octanol–water partition coefficient (Wildman–Crippen LogP) is 1.88. The van der Waals surface area contributed by atoms with Gasteiger partial charge in [0.05, 0.1) is 19.3 Å². The lowest BCUT2D eigenvalue weighted by molar-refractivity contribution is -0.0468. The van der Waals surface area contributed by atoms with Gasteiger partial charge >= 0.3 is 0 Å². The Balaban J connectivity index is 1.86. The summed E-state index contributed by atoms with van der Waals surface area (Å²) in [6.07, 6.45) is 3.90. The topological polar surface area (TPSA) is 43.2 Å². The summed E-state index contributed by atoms with van der Waals surface area (Å²) < 4.78 is 7.84. The molecule has 0 saturated carbocycles. The molecule has 0 bridgehead atoms. The largest absolute Gasteiger partial charge is 0.367 e. The predicted molar refractivity (Wildman–Crippen MR) is 77.7 cm³/mol. The Kier molecular flexibility index (Phi) is 3.22. The highest BCUT2D eigenvalue weighted by atomic mass is 16.5. The SMILES string of the molecule is Cc1cccc(N2CCO[C@](C)(c3cnn(C)c3)C2)n1. The highest BCUT2D eigenvalue weighted by Crippen LogP contribution is 2.30. The van der Waals surface area contributed by atoms with E-state index in [-0.39, 0.29) is 5.60 Å². The molecule has 0 radical (unpaired) electrons. The molecule has 5 nitrogen and oxygen atoms in total. The maximum atomic E-state index is 6.02. The van der Waals surface area contributed by atoms with E-state index < -0.39 is 0 Å². The van der Waals surface area contributed by atoms with Gasteiger partial charge in [-0.05, 0) is 26.0 Å². The van der Waals surface area contributed by atoms with Crippen molar-refractivity contribution in [3.05, 3.63) is 41.9 Å². The summed E-state index contributed by atoms with van der Waals surface area (Å²) in [4.78, 5) is 6.89. The van der Waals surface area contributed by atoms with Crippen LogP contribution in [0.1, 0.15) is 18.2 Å². The van der Waals surface area contributed by atoms with Crippen LogP contribution in [0.25, 0.3) is 0 Å². The fourth-order valence-corrected chi connectivity index (χ4v) is 2.64. The molecule has 2 aromatic rings. The molecule has 1 fully saturated rings. The average molecular weight is 272 g/mol. The molecule has 20 heavy (non-hydrogen) atoms. The van der Waals surface area contributed by atoms with Crippen LogP contribution in [-0.2, 0) is 17.4 Å². The first kappa shape index (κ1) is 13.1. The summed E-state index contributed by atoms with van der Waals surface area (Å²) in [7, 11) is 1.93. The first-order valence-corrected chi connectivity index (χ1v) is 6.88. The average Bonchev–Trinajstić information content (AvgIpc) is 2.86. The smallest absolute Gasteiger partial charge is 0.128 e. The van der Waals surface area contributed by atoms with Crippen LogP contribution in [0.15, 0.2) is 30.6 Å². The van der Waals surface area contributed by atoms with Crippen LogP contribution >= 0.6 is 0 Å². The molecular weight excluding hydrogens is 252 g/mol. The van der Waals surface area contributed by atoms with Crippen molar-refractivity contribution in [2.45, 2.75) is 19.4 Å². The minimum absolute atomic E-state index is 0.335. The molecule has 2 aromatic heterocycles. The van der Waals surface area contributed by atoms with E-state index in [1.807, 2.05) is 37.1 Å². The molecule has 1 saturated heterocycles. The van der Waals surface area contributed by atoms with Crippen LogP contribution in [-0.4, -0.2) is 34.5 Å². The molecule has 0 aromatic carbocycles. The molecule has 0 unspecified atom stereocenters. The molecule has 106 valence electrons. The van der Waals surface area contributed by atoms with E-state index in [0.717, 1.165) is 30.2 Å². The molecule has 1 aliphatic rings. The van der Waals surface area contributed by atoms with Gasteiger partial charge in [-0.15, -0.1) is 0 Å². The molecule has 0 aliphatic carbocycles. The van der Waals surface area contributed by atoms with Crippen molar-refractivity contribution in [2.24, 2.45) is 7.05 Å². The minimum atomic E-state index is -0.335. The first-order valence-electron chi connectivity index (χ1n) is 6.88. The number of ether oxygens (including phenoxy) is 1. The zero-order valence-electron chi connectivity index (χ0n) is 12.2. The molecular formula is C15H20N4O. The molecule has 0 N–H and O–H groups in total. The Morgan fingerprint density at radius 2 is 2.20 bits per heavy atom. The molecule has 3 rings (SSSR count). The second-order valence-corrected chi connectivity index (χ2v) is 5.54. The number of aryl methyl sites for hydroxylation is 2. The second kappa shape index (κ2) is 4.90. The zero-order valence-corrected chi connectivity index (χ0v) is 12.2. The van der Waals surface area contributed by atoms with Crippen molar-refractivity contribution in [1.29, 1.82) is 0 Å². The third-order valence-corrected chi connectivity index (χ3v) is 3.79. The van der Waals surface area contributed by atoms with Crippen molar-refractivity contribution in [3.63, 3.8) is 0 Å². The lowest BCUT2D eigenvalue weighted by Gasteiger charge is -2.40. The number of aromatic nitrogens is 3. The van der Waals surface area contributed by atoms with Crippen LogP contribution in [0, 0.1) is 6.92 Å². The summed E-state index contributed by atoms with van der Waals surface area (Å²) in [6.45, 7) is 6.48.